The number of carbonyl (C=O) groups excluding carboxylic acids is 1. The number of carbonyl (C=O) groups is 1. The molecule has 7 nitrogen and oxygen atoms in total. The fourth-order valence-electron chi connectivity index (χ4n) is 4.61. The molecule has 0 unspecified atom stereocenters. The molecule has 1 fully saturated rings. The van der Waals surface area contributed by atoms with E-state index < -0.39 is 10.0 Å². The van der Waals surface area contributed by atoms with Gasteiger partial charge in [0.15, 0.2) is 0 Å². The first-order chi connectivity index (χ1) is 16.5. The Bertz CT molecular complexity index is 1090. The highest BCUT2D eigenvalue weighted by atomic mass is 32.2. The maximum absolute atomic E-state index is 12.8. The Morgan fingerprint density at radius 1 is 1.00 bits per heavy atom. The van der Waals surface area contributed by atoms with Gasteiger partial charge in [0.25, 0.3) is 10.0 Å². The van der Waals surface area contributed by atoms with Crippen LogP contribution in [0.2, 0.25) is 0 Å². The zero-order valence-electron chi connectivity index (χ0n) is 19.6. The number of benzene rings is 2. The third-order valence-corrected chi connectivity index (χ3v) is 7.88. The summed E-state index contributed by atoms with van der Waals surface area (Å²) < 4.78 is 28.3. The number of aliphatic imine (C=N–C) groups is 1. The van der Waals surface area contributed by atoms with Crippen molar-refractivity contribution in [2.24, 2.45) is 10.9 Å². The number of amidine groups is 1. The normalized spacial score (nSPS) is 18.1. The predicted molar refractivity (Wildman–Crippen MR) is 135 cm³/mol. The Kier molecular flexibility index (Phi) is 8.34. The van der Waals surface area contributed by atoms with E-state index in [1.807, 2.05) is 6.07 Å². The van der Waals surface area contributed by atoms with Crippen molar-refractivity contribution < 1.29 is 13.2 Å². The van der Waals surface area contributed by atoms with E-state index in [-0.39, 0.29) is 10.8 Å². The Balaban J connectivity index is 1.27. The summed E-state index contributed by atoms with van der Waals surface area (Å²) in [5.74, 6) is 1.04. The van der Waals surface area contributed by atoms with Gasteiger partial charge in [-0.05, 0) is 74.9 Å². The third-order valence-electron chi connectivity index (χ3n) is 6.50. The first-order valence-corrected chi connectivity index (χ1v) is 13.7. The summed E-state index contributed by atoms with van der Waals surface area (Å²) >= 11 is 0. The predicted octanol–water partition coefficient (Wildman–Crippen LogP) is 3.83. The van der Waals surface area contributed by atoms with Crippen LogP contribution in [-0.2, 0) is 21.2 Å². The molecule has 8 heteroatoms. The molecule has 2 aliphatic rings. The molecule has 1 saturated heterocycles. The molecule has 0 atom stereocenters. The molecule has 2 heterocycles. The van der Waals surface area contributed by atoms with Crippen LogP contribution in [0.15, 0.2) is 64.5 Å². The van der Waals surface area contributed by atoms with Gasteiger partial charge in [0.05, 0.1) is 11.4 Å². The van der Waals surface area contributed by atoms with Crippen LogP contribution in [-0.4, -0.2) is 51.2 Å². The standard InChI is InChI=1S/C26H34N4O3S/c31-26(20-30-16-13-22(14-17-30)18-21-8-3-1-4-9-21)28-23-10-7-11-24(19-23)34(32,33)29-25-12-5-2-6-15-27-25/h1,3-4,7-11,19,22H,2,5-6,12-18,20H2,(H,27,29)(H,28,31). The monoisotopic (exact) mass is 482 g/mol. The highest BCUT2D eigenvalue weighted by Crippen LogP contribution is 2.22. The molecule has 182 valence electrons. The summed E-state index contributed by atoms with van der Waals surface area (Å²) in [6.45, 7) is 2.75. The zero-order chi connectivity index (χ0) is 23.8. The van der Waals surface area contributed by atoms with E-state index in [9.17, 15) is 13.2 Å². The number of piperidine rings is 1. The van der Waals surface area contributed by atoms with E-state index in [0.717, 1.165) is 51.6 Å². The van der Waals surface area contributed by atoms with Crippen LogP contribution < -0.4 is 10.0 Å². The van der Waals surface area contributed by atoms with Crippen molar-refractivity contribution in [3.05, 3.63) is 60.2 Å². The lowest BCUT2D eigenvalue weighted by atomic mass is 9.90. The summed E-state index contributed by atoms with van der Waals surface area (Å²) in [4.78, 5) is 19.3. The number of hydrogen-bond acceptors (Lipinski definition) is 5. The molecule has 0 aliphatic carbocycles. The van der Waals surface area contributed by atoms with E-state index in [1.165, 1.54) is 17.7 Å². The molecule has 4 rings (SSSR count). The van der Waals surface area contributed by atoms with Crippen LogP contribution in [0.25, 0.3) is 0 Å². The number of hydrogen-bond donors (Lipinski definition) is 2. The molecule has 0 aromatic heterocycles. The summed E-state index contributed by atoms with van der Waals surface area (Å²) in [6, 6.07) is 16.9. The Morgan fingerprint density at radius 2 is 1.79 bits per heavy atom. The van der Waals surface area contributed by atoms with Crippen molar-refractivity contribution in [2.75, 3.05) is 31.5 Å². The van der Waals surface area contributed by atoms with Gasteiger partial charge in [0.2, 0.25) is 5.91 Å². The molecule has 2 aromatic rings. The maximum atomic E-state index is 12.8. The number of rotatable bonds is 7. The van der Waals surface area contributed by atoms with Crippen molar-refractivity contribution in [1.29, 1.82) is 0 Å². The van der Waals surface area contributed by atoms with Gasteiger partial charge in [-0.3, -0.25) is 19.4 Å². The fraction of sp³-hybridized carbons (Fsp3) is 0.462. The van der Waals surface area contributed by atoms with Gasteiger partial charge in [-0.15, -0.1) is 0 Å². The van der Waals surface area contributed by atoms with Crippen LogP contribution in [0.1, 0.15) is 44.1 Å². The average Bonchev–Trinajstić information content (AvgIpc) is 3.09. The summed E-state index contributed by atoms with van der Waals surface area (Å²) in [5.41, 5.74) is 1.85. The zero-order valence-corrected chi connectivity index (χ0v) is 20.4. The Morgan fingerprint density at radius 3 is 2.59 bits per heavy atom. The number of nitrogens with one attached hydrogen (secondary N) is 2. The highest BCUT2D eigenvalue weighted by Gasteiger charge is 2.22. The van der Waals surface area contributed by atoms with E-state index in [4.69, 9.17) is 0 Å². The third kappa shape index (κ3) is 7.14. The smallest absolute Gasteiger partial charge is 0.262 e. The van der Waals surface area contributed by atoms with Crippen LogP contribution in [0.5, 0.6) is 0 Å². The van der Waals surface area contributed by atoms with Crippen molar-refractivity contribution in [2.45, 2.75) is 49.8 Å². The average molecular weight is 483 g/mol. The van der Waals surface area contributed by atoms with Gasteiger partial charge in [-0.25, -0.2) is 8.42 Å². The second-order valence-corrected chi connectivity index (χ2v) is 10.9. The Labute approximate surface area is 202 Å². The lowest BCUT2D eigenvalue weighted by molar-refractivity contribution is -0.117. The maximum Gasteiger partial charge on any atom is 0.262 e. The quantitative estimate of drug-likeness (QED) is 0.628. The van der Waals surface area contributed by atoms with E-state index in [1.54, 1.807) is 12.1 Å². The van der Waals surface area contributed by atoms with Crippen LogP contribution in [0.4, 0.5) is 5.69 Å². The minimum Gasteiger partial charge on any atom is -0.325 e. The van der Waals surface area contributed by atoms with Crippen LogP contribution in [0.3, 0.4) is 0 Å². The second kappa shape index (κ2) is 11.6. The van der Waals surface area contributed by atoms with Gasteiger partial charge >= 0.3 is 0 Å². The molecule has 2 aliphatic heterocycles. The van der Waals surface area contributed by atoms with Crippen molar-refractivity contribution in [3.8, 4) is 0 Å². The molecular formula is C26H34N4O3S. The van der Waals surface area contributed by atoms with Crippen molar-refractivity contribution in [1.82, 2.24) is 9.62 Å². The fourth-order valence-corrected chi connectivity index (χ4v) is 5.75. The summed E-state index contributed by atoms with van der Waals surface area (Å²) in [6.07, 6.45) is 6.84. The first kappa shape index (κ1) is 24.4. The first-order valence-electron chi connectivity index (χ1n) is 12.2. The van der Waals surface area contributed by atoms with E-state index in [0.29, 0.717) is 37.0 Å². The molecule has 0 spiro atoms. The number of anilines is 1. The second-order valence-electron chi connectivity index (χ2n) is 9.23. The molecule has 0 radical (unpaired) electrons. The molecule has 1 amide bonds. The molecule has 2 N–H and O–H groups in total. The molecular weight excluding hydrogens is 448 g/mol. The van der Waals surface area contributed by atoms with Gasteiger partial charge in [-0.1, -0.05) is 42.8 Å². The number of nitrogens with zero attached hydrogens (tertiary/aromatic N) is 2. The summed E-state index contributed by atoms with van der Waals surface area (Å²) in [5, 5.41) is 2.86. The molecule has 0 saturated carbocycles. The van der Waals surface area contributed by atoms with Gasteiger partial charge in [-0.2, -0.15) is 0 Å². The molecule has 2 aromatic carbocycles. The van der Waals surface area contributed by atoms with Crippen molar-refractivity contribution in [3.63, 3.8) is 0 Å². The Hall–Kier alpha value is -2.71. The summed E-state index contributed by atoms with van der Waals surface area (Å²) in [7, 11) is -3.74. The minimum absolute atomic E-state index is 0.124. The van der Waals surface area contributed by atoms with Gasteiger partial charge in [0.1, 0.15) is 5.84 Å². The van der Waals surface area contributed by atoms with Crippen molar-refractivity contribution >= 4 is 27.5 Å². The van der Waals surface area contributed by atoms with Gasteiger partial charge in [0, 0.05) is 18.7 Å². The lowest BCUT2D eigenvalue weighted by Gasteiger charge is -2.31. The minimum atomic E-state index is -3.74. The highest BCUT2D eigenvalue weighted by molar-refractivity contribution is 7.90. The lowest BCUT2D eigenvalue weighted by Crippen LogP contribution is -2.39. The van der Waals surface area contributed by atoms with Crippen LogP contribution in [0, 0.1) is 5.92 Å². The van der Waals surface area contributed by atoms with Gasteiger partial charge < -0.3 is 5.32 Å². The van der Waals surface area contributed by atoms with Crippen LogP contribution >= 0.6 is 0 Å². The topological polar surface area (TPSA) is 90.9 Å². The largest absolute Gasteiger partial charge is 0.325 e. The van der Waals surface area contributed by atoms with E-state index in [2.05, 4.69) is 44.2 Å². The molecule has 0 bridgehead atoms. The van der Waals surface area contributed by atoms with E-state index >= 15 is 0 Å². The molecule has 34 heavy (non-hydrogen) atoms. The number of likely N-dealkylation sites (tertiary alicyclic amines) is 1. The number of sulfonamides is 1. The SMILES string of the molecule is O=C(CN1CCC(Cc2ccccc2)CC1)Nc1cccc(S(=O)(=O)NC2=NCCCCC2)c1. The number of amides is 1.